The number of ketones is 1. The van der Waals surface area contributed by atoms with Crippen molar-refractivity contribution in [3.8, 4) is 17.0 Å². The Balaban J connectivity index is 1.59. The van der Waals surface area contributed by atoms with E-state index in [1.165, 1.54) is 12.5 Å². The summed E-state index contributed by atoms with van der Waals surface area (Å²) in [5, 5.41) is 13.4. The van der Waals surface area contributed by atoms with E-state index in [1.54, 1.807) is 30.3 Å². The highest BCUT2D eigenvalue weighted by atomic mass is 19.1. The second-order valence-corrected chi connectivity index (χ2v) is 7.81. The molecule has 1 saturated heterocycles. The van der Waals surface area contributed by atoms with Crippen LogP contribution in [-0.4, -0.2) is 33.9 Å². The van der Waals surface area contributed by atoms with Crippen LogP contribution in [0.2, 0.25) is 0 Å². The molecule has 0 aliphatic carbocycles. The number of aromatic hydroxyl groups is 1. The van der Waals surface area contributed by atoms with Crippen molar-refractivity contribution in [2.75, 3.05) is 23.3 Å². The summed E-state index contributed by atoms with van der Waals surface area (Å²) in [4.78, 5) is 22.3. The van der Waals surface area contributed by atoms with E-state index >= 15 is 0 Å². The van der Waals surface area contributed by atoms with Gasteiger partial charge in [-0.15, -0.1) is 0 Å². The molecule has 1 aromatic heterocycles. The normalized spacial score (nSPS) is 13.6. The maximum Gasteiger partial charge on any atom is 0.227 e. The fourth-order valence-corrected chi connectivity index (χ4v) is 3.85. The van der Waals surface area contributed by atoms with E-state index in [0.29, 0.717) is 11.3 Å². The van der Waals surface area contributed by atoms with Gasteiger partial charge in [-0.1, -0.05) is 24.8 Å². The van der Waals surface area contributed by atoms with E-state index in [0.717, 1.165) is 43.4 Å². The number of aromatic nitrogens is 2. The summed E-state index contributed by atoms with van der Waals surface area (Å²) in [6.07, 6.45) is 5.98. The van der Waals surface area contributed by atoms with Gasteiger partial charge >= 0.3 is 0 Å². The standard InChI is InChI=1S/C25H25FN4O2/c1-2-20(31)14-17-7-6-8-18(13-17)24-21(26)16-27-25(29-24)28-19-9-10-23(32)22(15-19)30-11-4-3-5-12-30/h2,6-10,13,15-16,32H,1,3-5,11-12,14H2,(H,27,28,29). The molecule has 4 rings (SSSR count). The molecule has 0 unspecified atom stereocenters. The Morgan fingerprint density at radius 3 is 2.78 bits per heavy atom. The van der Waals surface area contributed by atoms with Gasteiger partial charge in [-0.05, 0) is 55.2 Å². The lowest BCUT2D eigenvalue weighted by Crippen LogP contribution is -2.29. The van der Waals surface area contributed by atoms with Gasteiger partial charge in [-0.25, -0.2) is 14.4 Å². The van der Waals surface area contributed by atoms with Crippen molar-refractivity contribution in [2.24, 2.45) is 0 Å². The van der Waals surface area contributed by atoms with E-state index in [2.05, 4.69) is 26.8 Å². The number of halogens is 1. The molecule has 0 spiro atoms. The number of anilines is 3. The Bertz CT molecular complexity index is 1140. The van der Waals surface area contributed by atoms with Crippen LogP contribution in [0, 0.1) is 5.82 Å². The molecule has 3 aromatic rings. The number of rotatable bonds is 7. The Labute approximate surface area is 186 Å². The van der Waals surface area contributed by atoms with Crippen LogP contribution >= 0.6 is 0 Å². The lowest BCUT2D eigenvalue weighted by Gasteiger charge is -2.29. The number of hydrogen-bond donors (Lipinski definition) is 2. The fraction of sp³-hybridized carbons (Fsp3) is 0.240. The summed E-state index contributed by atoms with van der Waals surface area (Å²) in [6, 6.07) is 12.3. The molecule has 0 amide bonds. The maximum absolute atomic E-state index is 14.5. The number of allylic oxidation sites excluding steroid dienone is 1. The monoisotopic (exact) mass is 432 g/mol. The average Bonchev–Trinajstić information content (AvgIpc) is 2.82. The predicted molar refractivity (Wildman–Crippen MR) is 124 cm³/mol. The van der Waals surface area contributed by atoms with Crippen LogP contribution in [0.15, 0.2) is 61.3 Å². The number of carbonyl (C=O) groups excluding carboxylic acids is 1. The zero-order chi connectivity index (χ0) is 22.5. The van der Waals surface area contributed by atoms with E-state index in [-0.39, 0.29) is 29.6 Å². The van der Waals surface area contributed by atoms with Crippen LogP contribution in [0.25, 0.3) is 11.3 Å². The second-order valence-electron chi connectivity index (χ2n) is 7.81. The van der Waals surface area contributed by atoms with Crippen molar-refractivity contribution in [3.05, 3.63) is 72.7 Å². The zero-order valence-corrected chi connectivity index (χ0v) is 17.7. The smallest absolute Gasteiger partial charge is 0.227 e. The number of nitrogens with zero attached hydrogens (tertiary/aromatic N) is 3. The topological polar surface area (TPSA) is 78.3 Å². The predicted octanol–water partition coefficient (Wildman–Crippen LogP) is 5.02. The molecular formula is C25H25FN4O2. The first-order chi connectivity index (χ1) is 15.5. The van der Waals surface area contributed by atoms with Crippen molar-refractivity contribution in [2.45, 2.75) is 25.7 Å². The Hall–Kier alpha value is -3.74. The van der Waals surface area contributed by atoms with Crippen molar-refractivity contribution >= 4 is 23.1 Å². The van der Waals surface area contributed by atoms with Crippen LogP contribution in [-0.2, 0) is 11.2 Å². The molecule has 6 nitrogen and oxygen atoms in total. The van der Waals surface area contributed by atoms with Crippen LogP contribution in [0.5, 0.6) is 5.75 Å². The molecule has 32 heavy (non-hydrogen) atoms. The first kappa shape index (κ1) is 21.5. The average molecular weight is 432 g/mol. The summed E-state index contributed by atoms with van der Waals surface area (Å²) in [5.41, 5.74) is 2.92. The molecule has 0 atom stereocenters. The fourth-order valence-electron chi connectivity index (χ4n) is 3.85. The van der Waals surface area contributed by atoms with Crippen molar-refractivity contribution in [1.82, 2.24) is 9.97 Å². The van der Waals surface area contributed by atoms with E-state index in [4.69, 9.17) is 0 Å². The number of phenolic OH excluding ortho intramolecular Hbond substituents is 1. The van der Waals surface area contributed by atoms with Crippen LogP contribution in [0.1, 0.15) is 24.8 Å². The Morgan fingerprint density at radius 1 is 1.19 bits per heavy atom. The van der Waals surface area contributed by atoms with Crippen LogP contribution in [0.4, 0.5) is 21.7 Å². The number of piperidine rings is 1. The van der Waals surface area contributed by atoms with Gasteiger partial charge in [-0.2, -0.15) is 0 Å². The maximum atomic E-state index is 14.5. The Morgan fingerprint density at radius 2 is 2.00 bits per heavy atom. The van der Waals surface area contributed by atoms with Crippen LogP contribution < -0.4 is 10.2 Å². The highest BCUT2D eigenvalue weighted by molar-refractivity contribution is 5.91. The number of nitrogens with one attached hydrogen (secondary N) is 1. The highest BCUT2D eigenvalue weighted by Crippen LogP contribution is 2.33. The number of phenols is 1. The van der Waals surface area contributed by atoms with Crippen LogP contribution in [0.3, 0.4) is 0 Å². The largest absolute Gasteiger partial charge is 0.506 e. The first-order valence-electron chi connectivity index (χ1n) is 10.7. The first-order valence-corrected chi connectivity index (χ1v) is 10.7. The van der Waals surface area contributed by atoms with Gasteiger partial charge in [0, 0.05) is 30.8 Å². The number of benzene rings is 2. The molecular weight excluding hydrogens is 407 g/mol. The third kappa shape index (κ3) is 4.94. The van der Waals surface area contributed by atoms with Crippen molar-refractivity contribution in [1.29, 1.82) is 0 Å². The summed E-state index contributed by atoms with van der Waals surface area (Å²) >= 11 is 0. The molecule has 2 heterocycles. The SMILES string of the molecule is C=CC(=O)Cc1cccc(-c2nc(Nc3ccc(O)c(N4CCCCC4)c3)ncc2F)c1. The quantitative estimate of drug-likeness (QED) is 0.403. The Kier molecular flexibility index (Phi) is 6.44. The van der Waals surface area contributed by atoms with Crippen molar-refractivity contribution in [3.63, 3.8) is 0 Å². The van der Waals surface area contributed by atoms with Gasteiger partial charge in [0.25, 0.3) is 0 Å². The van der Waals surface area contributed by atoms with Gasteiger partial charge < -0.3 is 15.3 Å². The molecule has 1 aliphatic rings. The summed E-state index contributed by atoms with van der Waals surface area (Å²) in [6.45, 7) is 5.29. The highest BCUT2D eigenvalue weighted by Gasteiger charge is 2.16. The van der Waals surface area contributed by atoms with Gasteiger partial charge in [0.1, 0.15) is 11.4 Å². The third-order valence-electron chi connectivity index (χ3n) is 5.48. The number of hydrogen-bond acceptors (Lipinski definition) is 6. The minimum atomic E-state index is -0.553. The minimum Gasteiger partial charge on any atom is -0.506 e. The van der Waals surface area contributed by atoms with E-state index in [1.807, 2.05) is 12.1 Å². The molecule has 1 fully saturated rings. The van der Waals surface area contributed by atoms with Gasteiger partial charge in [-0.3, -0.25) is 4.79 Å². The molecule has 2 aromatic carbocycles. The minimum absolute atomic E-state index is 0.107. The lowest BCUT2D eigenvalue weighted by atomic mass is 10.0. The summed E-state index contributed by atoms with van der Waals surface area (Å²) < 4.78 is 14.5. The summed E-state index contributed by atoms with van der Waals surface area (Å²) in [7, 11) is 0. The van der Waals surface area contributed by atoms with Gasteiger partial charge in [0.15, 0.2) is 11.6 Å². The van der Waals surface area contributed by atoms with Gasteiger partial charge in [0.05, 0.1) is 11.9 Å². The van der Waals surface area contributed by atoms with Gasteiger partial charge in [0.2, 0.25) is 5.95 Å². The lowest BCUT2D eigenvalue weighted by molar-refractivity contribution is -0.114. The van der Waals surface area contributed by atoms with E-state index < -0.39 is 5.82 Å². The molecule has 7 heteroatoms. The molecule has 0 bridgehead atoms. The molecule has 1 aliphatic heterocycles. The number of carbonyl (C=O) groups is 1. The molecule has 0 saturated carbocycles. The zero-order valence-electron chi connectivity index (χ0n) is 17.7. The molecule has 0 radical (unpaired) electrons. The van der Waals surface area contributed by atoms with E-state index in [9.17, 15) is 14.3 Å². The molecule has 2 N–H and O–H groups in total. The summed E-state index contributed by atoms with van der Waals surface area (Å²) in [5.74, 6) is -0.194. The molecule has 164 valence electrons. The third-order valence-corrected chi connectivity index (χ3v) is 5.48. The second kappa shape index (κ2) is 9.60. The van der Waals surface area contributed by atoms with Crippen molar-refractivity contribution < 1.29 is 14.3 Å².